The fourth-order valence-electron chi connectivity index (χ4n) is 8.11. The van der Waals surface area contributed by atoms with Gasteiger partial charge in [-0.05, 0) is 113 Å². The summed E-state index contributed by atoms with van der Waals surface area (Å²) in [4.78, 5) is 2.35. The van der Waals surface area contributed by atoms with Crippen LogP contribution in [0.15, 0.2) is 194 Å². The highest BCUT2D eigenvalue weighted by atomic mass is 32.1. The maximum absolute atomic E-state index is 2.37. The highest BCUT2D eigenvalue weighted by Gasteiger charge is 2.16. The van der Waals surface area contributed by atoms with Crippen LogP contribution in [-0.4, -0.2) is 4.57 Å². The van der Waals surface area contributed by atoms with Gasteiger partial charge in [0.1, 0.15) is 0 Å². The lowest BCUT2D eigenvalue weighted by atomic mass is 10.0. The Morgan fingerprint density at radius 2 is 0.891 bits per heavy atom. The number of nitrogens with zero attached hydrogens (tertiary/aromatic N) is 2. The molecule has 3 heteroatoms. The summed E-state index contributed by atoms with van der Waals surface area (Å²) in [7, 11) is 0. The first kappa shape index (κ1) is 32.9. The Morgan fingerprint density at radius 3 is 1.53 bits per heavy atom. The van der Waals surface area contributed by atoms with E-state index in [2.05, 4.69) is 217 Å². The Kier molecular flexibility index (Phi) is 8.16. The van der Waals surface area contributed by atoms with Crippen molar-refractivity contribution in [2.24, 2.45) is 0 Å². The number of rotatable bonds is 7. The maximum atomic E-state index is 2.37. The van der Waals surface area contributed by atoms with Gasteiger partial charge in [0.15, 0.2) is 0 Å². The summed E-state index contributed by atoms with van der Waals surface area (Å²) < 4.78 is 5.03. The zero-order chi connectivity index (χ0) is 36.9. The maximum Gasteiger partial charge on any atom is 0.0534 e. The van der Waals surface area contributed by atoms with Crippen molar-refractivity contribution in [3.05, 3.63) is 205 Å². The van der Waals surface area contributed by atoms with E-state index in [1.165, 1.54) is 81.4 Å². The summed E-state index contributed by atoms with van der Waals surface area (Å²) in [6.07, 6.45) is 0. The fraction of sp³-hybridized carbons (Fsp3) is 0.0385. The van der Waals surface area contributed by atoms with Gasteiger partial charge in [-0.3, -0.25) is 0 Å². The average Bonchev–Trinajstić information content (AvgIpc) is 3.76. The molecule has 55 heavy (non-hydrogen) atoms. The Labute approximate surface area is 325 Å². The SMILES string of the molecule is Cc1c(C)n(-c2ccc(-c3ccc(N(c4ccc(-c5ccccc5)cc4)c4ccc(-c5cccc6c5sc5ccccc56)cc4)cc3)cc2)c2ccccc12. The lowest BCUT2D eigenvalue weighted by Crippen LogP contribution is -2.09. The molecule has 0 saturated carbocycles. The topological polar surface area (TPSA) is 8.17 Å². The van der Waals surface area contributed by atoms with Gasteiger partial charge in [-0.15, -0.1) is 11.3 Å². The molecule has 8 aromatic carbocycles. The number of aryl methyl sites for hydroxylation is 1. The Bertz CT molecular complexity index is 2950. The van der Waals surface area contributed by atoms with E-state index < -0.39 is 0 Å². The number of para-hydroxylation sites is 1. The molecule has 0 radical (unpaired) electrons. The molecule has 0 amide bonds. The van der Waals surface area contributed by atoms with E-state index in [0.29, 0.717) is 0 Å². The van der Waals surface area contributed by atoms with Crippen LogP contribution in [0.3, 0.4) is 0 Å². The standard InChI is InChI=1S/C52H38N2S/c1-35-36(2)53(50-17-8-6-13-46(35)50)42-27-19-39(20-28-42)40-23-31-44(32-24-40)54(43-29-21-38(22-30-43)37-11-4-3-5-12-37)45-33-25-41(26-34-45)47-15-10-16-49-48-14-7-9-18-51(48)55-52(47)49/h3-34H,1-2H3. The fourth-order valence-corrected chi connectivity index (χ4v) is 9.35. The number of anilines is 3. The number of aromatic nitrogens is 1. The van der Waals surface area contributed by atoms with Crippen molar-refractivity contribution in [2.75, 3.05) is 4.90 Å². The van der Waals surface area contributed by atoms with Gasteiger partial charge in [-0.1, -0.05) is 133 Å². The first-order valence-corrected chi connectivity index (χ1v) is 19.7. The molecule has 0 bridgehead atoms. The van der Waals surface area contributed by atoms with Crippen LogP contribution in [0.5, 0.6) is 0 Å². The van der Waals surface area contributed by atoms with Crippen LogP contribution in [0.4, 0.5) is 17.1 Å². The van der Waals surface area contributed by atoms with Gasteiger partial charge in [-0.2, -0.15) is 0 Å². The molecule has 0 aliphatic rings. The van der Waals surface area contributed by atoms with E-state index in [1.807, 2.05) is 11.3 Å². The Balaban J connectivity index is 1.00. The number of hydrogen-bond donors (Lipinski definition) is 0. The second kappa shape index (κ2) is 13.6. The molecule has 0 aliphatic heterocycles. The van der Waals surface area contributed by atoms with Crippen LogP contribution in [-0.2, 0) is 0 Å². The first-order valence-electron chi connectivity index (χ1n) is 18.8. The average molecular weight is 723 g/mol. The summed E-state index contributed by atoms with van der Waals surface area (Å²) in [5, 5.41) is 3.95. The minimum atomic E-state index is 1.11. The second-order valence-electron chi connectivity index (χ2n) is 14.2. The molecular weight excluding hydrogens is 685 g/mol. The van der Waals surface area contributed by atoms with E-state index in [9.17, 15) is 0 Å². The minimum Gasteiger partial charge on any atom is -0.314 e. The van der Waals surface area contributed by atoms with E-state index in [0.717, 1.165) is 17.1 Å². The molecule has 10 aromatic rings. The van der Waals surface area contributed by atoms with Crippen molar-refractivity contribution in [1.29, 1.82) is 0 Å². The molecule has 2 nitrogen and oxygen atoms in total. The van der Waals surface area contributed by atoms with E-state index in [4.69, 9.17) is 0 Å². The van der Waals surface area contributed by atoms with Crippen molar-refractivity contribution < 1.29 is 0 Å². The van der Waals surface area contributed by atoms with Crippen LogP contribution in [0, 0.1) is 13.8 Å². The predicted octanol–water partition coefficient (Wildman–Crippen LogP) is 15.1. The van der Waals surface area contributed by atoms with Crippen LogP contribution < -0.4 is 4.90 Å². The van der Waals surface area contributed by atoms with Crippen molar-refractivity contribution >= 4 is 59.5 Å². The summed E-state index contributed by atoms with van der Waals surface area (Å²) in [5.41, 5.74) is 15.7. The van der Waals surface area contributed by atoms with Crippen LogP contribution >= 0.6 is 11.3 Å². The summed E-state index contributed by atoms with van der Waals surface area (Å²) in [6, 6.07) is 70.5. The highest BCUT2D eigenvalue weighted by molar-refractivity contribution is 7.26. The molecule has 0 aliphatic carbocycles. The first-order chi connectivity index (χ1) is 27.1. The molecule has 0 N–H and O–H groups in total. The van der Waals surface area contributed by atoms with Crippen molar-refractivity contribution in [2.45, 2.75) is 13.8 Å². The molecule has 0 unspecified atom stereocenters. The van der Waals surface area contributed by atoms with Gasteiger partial charge in [0.05, 0.1) is 5.52 Å². The van der Waals surface area contributed by atoms with Crippen molar-refractivity contribution in [3.63, 3.8) is 0 Å². The normalized spacial score (nSPS) is 11.5. The molecule has 2 aromatic heterocycles. The van der Waals surface area contributed by atoms with Crippen LogP contribution in [0.1, 0.15) is 11.3 Å². The zero-order valence-electron chi connectivity index (χ0n) is 30.8. The number of hydrogen-bond acceptors (Lipinski definition) is 2. The summed E-state index contributed by atoms with van der Waals surface area (Å²) >= 11 is 1.88. The molecule has 0 atom stereocenters. The molecule has 10 rings (SSSR count). The van der Waals surface area contributed by atoms with Gasteiger partial charge in [0.2, 0.25) is 0 Å². The molecule has 262 valence electrons. The molecule has 0 fully saturated rings. The Morgan fingerprint density at radius 1 is 0.400 bits per heavy atom. The van der Waals surface area contributed by atoms with Crippen LogP contribution in [0.25, 0.3) is 70.1 Å². The second-order valence-corrected chi connectivity index (χ2v) is 15.3. The lowest BCUT2D eigenvalue weighted by Gasteiger charge is -2.26. The predicted molar refractivity (Wildman–Crippen MR) is 237 cm³/mol. The van der Waals surface area contributed by atoms with Crippen molar-refractivity contribution in [3.8, 4) is 39.1 Å². The van der Waals surface area contributed by atoms with Gasteiger partial charge in [0, 0.05) is 54.0 Å². The quantitative estimate of drug-likeness (QED) is 0.159. The van der Waals surface area contributed by atoms with Gasteiger partial charge < -0.3 is 9.47 Å². The molecular formula is C52H38N2S. The van der Waals surface area contributed by atoms with E-state index >= 15 is 0 Å². The van der Waals surface area contributed by atoms with Gasteiger partial charge in [-0.25, -0.2) is 0 Å². The third-order valence-electron chi connectivity index (χ3n) is 11.1. The molecule has 0 spiro atoms. The molecule has 2 heterocycles. The minimum absolute atomic E-state index is 1.11. The zero-order valence-corrected chi connectivity index (χ0v) is 31.6. The van der Waals surface area contributed by atoms with Crippen LogP contribution in [0.2, 0.25) is 0 Å². The monoisotopic (exact) mass is 722 g/mol. The summed E-state index contributed by atoms with van der Waals surface area (Å²) in [6.45, 7) is 4.43. The third-order valence-corrected chi connectivity index (χ3v) is 12.3. The van der Waals surface area contributed by atoms with E-state index in [-0.39, 0.29) is 0 Å². The molecule has 0 saturated heterocycles. The lowest BCUT2D eigenvalue weighted by molar-refractivity contribution is 1.04. The Hall–Kier alpha value is -6.68. The number of benzene rings is 8. The smallest absolute Gasteiger partial charge is 0.0534 e. The van der Waals surface area contributed by atoms with E-state index in [1.54, 1.807) is 0 Å². The third kappa shape index (κ3) is 5.81. The van der Waals surface area contributed by atoms with Gasteiger partial charge >= 0.3 is 0 Å². The number of thiophene rings is 1. The highest BCUT2D eigenvalue weighted by Crippen LogP contribution is 2.42. The number of fused-ring (bicyclic) bond motifs is 4. The van der Waals surface area contributed by atoms with Crippen molar-refractivity contribution in [1.82, 2.24) is 4.57 Å². The summed E-state index contributed by atoms with van der Waals surface area (Å²) in [5.74, 6) is 0. The largest absolute Gasteiger partial charge is 0.314 e. The van der Waals surface area contributed by atoms with Gasteiger partial charge in [0.25, 0.3) is 0 Å².